The van der Waals surface area contributed by atoms with Crippen LogP contribution >= 0.6 is 0 Å². The fourth-order valence-corrected chi connectivity index (χ4v) is 1.49. The molecule has 1 atom stereocenters. The van der Waals surface area contributed by atoms with Crippen molar-refractivity contribution in [2.24, 2.45) is 17.8 Å². The van der Waals surface area contributed by atoms with Crippen LogP contribution < -0.4 is 0 Å². The van der Waals surface area contributed by atoms with Gasteiger partial charge >= 0.3 is 5.97 Å². The zero-order chi connectivity index (χ0) is 12.0. The van der Waals surface area contributed by atoms with E-state index in [1.54, 1.807) is 0 Å². The lowest BCUT2D eigenvalue weighted by Crippen LogP contribution is -2.30. The minimum absolute atomic E-state index is 0.00514. The first-order chi connectivity index (χ1) is 6.90. The van der Waals surface area contributed by atoms with E-state index in [2.05, 4.69) is 18.6 Å². The number of esters is 1. The van der Waals surface area contributed by atoms with Crippen molar-refractivity contribution in [3.8, 4) is 0 Å². The van der Waals surface area contributed by atoms with Crippen molar-refractivity contribution in [2.45, 2.75) is 40.5 Å². The summed E-state index contributed by atoms with van der Waals surface area (Å²) in [4.78, 5) is 23.2. The van der Waals surface area contributed by atoms with Crippen LogP contribution in [0.2, 0.25) is 0 Å². The Bertz CT molecular complexity index is 219. The second-order valence-electron chi connectivity index (χ2n) is 4.64. The van der Waals surface area contributed by atoms with E-state index in [1.165, 1.54) is 7.11 Å². The summed E-state index contributed by atoms with van der Waals surface area (Å²) in [5, 5.41) is 0. The summed E-state index contributed by atoms with van der Waals surface area (Å²) in [5.74, 6) is -0.491. The molecule has 0 saturated carbocycles. The van der Waals surface area contributed by atoms with Gasteiger partial charge in [0.1, 0.15) is 11.7 Å². The Kier molecular flexibility index (Phi) is 6.21. The monoisotopic (exact) mass is 214 g/mol. The molecule has 0 fully saturated rings. The minimum Gasteiger partial charge on any atom is -0.468 e. The molecule has 0 aromatic heterocycles. The molecule has 0 radical (unpaired) electrons. The van der Waals surface area contributed by atoms with Crippen molar-refractivity contribution in [3.63, 3.8) is 0 Å². The average Bonchev–Trinajstić information content (AvgIpc) is 2.14. The van der Waals surface area contributed by atoms with Crippen molar-refractivity contribution >= 4 is 11.8 Å². The van der Waals surface area contributed by atoms with Crippen LogP contribution in [0, 0.1) is 17.8 Å². The van der Waals surface area contributed by atoms with Gasteiger partial charge in [-0.2, -0.15) is 0 Å². The molecule has 1 unspecified atom stereocenters. The second kappa shape index (κ2) is 6.59. The molecule has 15 heavy (non-hydrogen) atoms. The molecular formula is C12H22O3. The highest BCUT2D eigenvalue weighted by atomic mass is 16.5. The predicted molar refractivity (Wildman–Crippen MR) is 59.4 cm³/mol. The lowest BCUT2D eigenvalue weighted by atomic mass is 9.88. The molecule has 0 bridgehead atoms. The van der Waals surface area contributed by atoms with E-state index in [0.717, 1.165) is 6.42 Å². The Morgan fingerprint density at radius 3 is 2.00 bits per heavy atom. The van der Waals surface area contributed by atoms with Gasteiger partial charge in [-0.1, -0.05) is 27.7 Å². The zero-order valence-corrected chi connectivity index (χ0v) is 10.4. The van der Waals surface area contributed by atoms with Gasteiger partial charge in [0, 0.05) is 6.42 Å². The first kappa shape index (κ1) is 14.1. The Morgan fingerprint density at radius 2 is 1.67 bits per heavy atom. The number of Topliss-reactive ketones (excluding diaryl/α,β-unsaturated/α-hetero) is 1. The third kappa shape index (κ3) is 4.96. The zero-order valence-electron chi connectivity index (χ0n) is 10.4. The number of hydrogen-bond donors (Lipinski definition) is 0. The topological polar surface area (TPSA) is 43.4 Å². The standard InChI is InChI=1S/C12H22O3/c1-8(2)6-7-10(13)11(9(3)4)12(14)15-5/h8-9,11H,6-7H2,1-5H3. The van der Waals surface area contributed by atoms with E-state index in [1.807, 2.05) is 13.8 Å². The summed E-state index contributed by atoms with van der Waals surface area (Å²) >= 11 is 0. The molecule has 0 rings (SSSR count). The lowest BCUT2D eigenvalue weighted by Gasteiger charge is -2.17. The van der Waals surface area contributed by atoms with Gasteiger partial charge in [-0.05, 0) is 18.3 Å². The normalized spacial score (nSPS) is 13.0. The van der Waals surface area contributed by atoms with Crippen LogP contribution in [0.25, 0.3) is 0 Å². The molecule has 0 aliphatic heterocycles. The summed E-state index contributed by atoms with van der Waals surface area (Å²) in [6.45, 7) is 7.87. The first-order valence-corrected chi connectivity index (χ1v) is 5.50. The fraction of sp³-hybridized carbons (Fsp3) is 0.833. The summed E-state index contributed by atoms with van der Waals surface area (Å²) in [6, 6.07) is 0. The van der Waals surface area contributed by atoms with Crippen LogP contribution in [0.5, 0.6) is 0 Å². The Labute approximate surface area is 92.2 Å². The largest absolute Gasteiger partial charge is 0.468 e. The maximum Gasteiger partial charge on any atom is 0.316 e. The number of methoxy groups -OCH3 is 1. The Morgan fingerprint density at radius 1 is 1.13 bits per heavy atom. The van der Waals surface area contributed by atoms with E-state index >= 15 is 0 Å². The van der Waals surface area contributed by atoms with E-state index < -0.39 is 11.9 Å². The van der Waals surface area contributed by atoms with Crippen LogP contribution in [0.4, 0.5) is 0 Å². The summed E-state index contributed by atoms with van der Waals surface area (Å²) in [6.07, 6.45) is 1.30. The van der Waals surface area contributed by atoms with Crippen molar-refractivity contribution in [3.05, 3.63) is 0 Å². The maximum absolute atomic E-state index is 11.8. The number of carbonyl (C=O) groups excluding carboxylic acids is 2. The predicted octanol–water partition coefficient (Wildman–Crippen LogP) is 2.44. The van der Waals surface area contributed by atoms with Crippen molar-refractivity contribution in [2.75, 3.05) is 7.11 Å². The van der Waals surface area contributed by atoms with Crippen LogP contribution in [0.15, 0.2) is 0 Å². The number of rotatable bonds is 6. The highest BCUT2D eigenvalue weighted by Gasteiger charge is 2.29. The third-order valence-corrected chi connectivity index (χ3v) is 2.44. The van der Waals surface area contributed by atoms with Gasteiger partial charge in [0.25, 0.3) is 0 Å². The van der Waals surface area contributed by atoms with Crippen molar-refractivity contribution in [1.29, 1.82) is 0 Å². The van der Waals surface area contributed by atoms with Crippen LogP contribution in [-0.2, 0) is 14.3 Å². The smallest absolute Gasteiger partial charge is 0.316 e. The molecule has 0 spiro atoms. The van der Waals surface area contributed by atoms with Crippen LogP contribution in [0.3, 0.4) is 0 Å². The fourth-order valence-electron chi connectivity index (χ4n) is 1.49. The molecule has 0 aromatic carbocycles. The molecule has 0 heterocycles. The Hall–Kier alpha value is -0.860. The van der Waals surface area contributed by atoms with E-state index in [0.29, 0.717) is 12.3 Å². The van der Waals surface area contributed by atoms with Gasteiger partial charge in [0.05, 0.1) is 7.11 Å². The van der Waals surface area contributed by atoms with Gasteiger partial charge in [0.2, 0.25) is 0 Å². The molecule has 88 valence electrons. The molecular weight excluding hydrogens is 192 g/mol. The maximum atomic E-state index is 11.8. The molecule has 3 nitrogen and oxygen atoms in total. The lowest BCUT2D eigenvalue weighted by molar-refractivity contribution is -0.151. The van der Waals surface area contributed by atoms with E-state index in [4.69, 9.17) is 0 Å². The van der Waals surface area contributed by atoms with Gasteiger partial charge in [-0.15, -0.1) is 0 Å². The minimum atomic E-state index is -0.589. The number of carbonyl (C=O) groups is 2. The molecule has 0 aliphatic rings. The highest BCUT2D eigenvalue weighted by molar-refractivity contribution is 5.99. The highest BCUT2D eigenvalue weighted by Crippen LogP contribution is 2.18. The molecule has 0 aromatic rings. The Balaban J connectivity index is 4.37. The first-order valence-electron chi connectivity index (χ1n) is 5.50. The molecule has 0 aliphatic carbocycles. The number of hydrogen-bond acceptors (Lipinski definition) is 3. The van der Waals surface area contributed by atoms with Gasteiger partial charge in [-0.25, -0.2) is 0 Å². The van der Waals surface area contributed by atoms with Crippen LogP contribution in [-0.4, -0.2) is 18.9 Å². The van der Waals surface area contributed by atoms with Gasteiger partial charge in [0.15, 0.2) is 0 Å². The van der Waals surface area contributed by atoms with Crippen molar-refractivity contribution < 1.29 is 14.3 Å². The number of ketones is 1. The SMILES string of the molecule is COC(=O)C(C(=O)CCC(C)C)C(C)C. The summed E-state index contributed by atoms with van der Waals surface area (Å²) in [7, 11) is 1.33. The molecule has 0 N–H and O–H groups in total. The summed E-state index contributed by atoms with van der Waals surface area (Å²) < 4.78 is 4.64. The van der Waals surface area contributed by atoms with Gasteiger partial charge < -0.3 is 4.74 Å². The summed E-state index contributed by atoms with van der Waals surface area (Å²) in [5.41, 5.74) is 0. The molecule has 0 saturated heterocycles. The third-order valence-electron chi connectivity index (χ3n) is 2.44. The second-order valence-corrected chi connectivity index (χ2v) is 4.64. The van der Waals surface area contributed by atoms with Gasteiger partial charge in [-0.3, -0.25) is 9.59 Å². The molecule has 3 heteroatoms. The molecule has 0 amide bonds. The quantitative estimate of drug-likeness (QED) is 0.504. The van der Waals surface area contributed by atoms with Crippen LogP contribution in [0.1, 0.15) is 40.5 Å². The van der Waals surface area contributed by atoms with Crippen molar-refractivity contribution in [1.82, 2.24) is 0 Å². The van der Waals surface area contributed by atoms with E-state index in [9.17, 15) is 9.59 Å². The number of ether oxygens (including phenoxy) is 1. The van der Waals surface area contributed by atoms with E-state index in [-0.39, 0.29) is 11.7 Å². The average molecular weight is 214 g/mol.